The van der Waals surface area contributed by atoms with Gasteiger partial charge in [-0.25, -0.2) is 0 Å². The number of hydrogen-bond donors (Lipinski definition) is 0. The van der Waals surface area contributed by atoms with Gasteiger partial charge in [0.05, 0.1) is 6.61 Å². The molecule has 0 radical (unpaired) electrons. The van der Waals surface area contributed by atoms with E-state index in [1.807, 2.05) is 13.8 Å². The summed E-state index contributed by atoms with van der Waals surface area (Å²) in [7, 11) is 0. The summed E-state index contributed by atoms with van der Waals surface area (Å²) in [4.78, 5) is 11.4. The zero-order valence-electron chi connectivity index (χ0n) is 10.5. The Balaban J connectivity index is 2.97. The van der Waals surface area contributed by atoms with Gasteiger partial charge < -0.3 is 4.74 Å². The molecule has 0 atom stereocenters. The lowest BCUT2D eigenvalue weighted by atomic mass is 10.1. The summed E-state index contributed by atoms with van der Waals surface area (Å²) in [6.07, 6.45) is 0. The number of carbonyl (C=O) groups excluding carboxylic acids is 1. The number of hydrogen-bond acceptors (Lipinski definition) is 2. The molecule has 18 heavy (non-hydrogen) atoms. The molecular formula is C13H15ClF2O2. The molecule has 1 aromatic carbocycles. The van der Waals surface area contributed by atoms with Crippen molar-refractivity contribution in [3.8, 4) is 5.75 Å². The number of ether oxygens (including phenoxy) is 1. The van der Waals surface area contributed by atoms with Crippen molar-refractivity contribution in [2.75, 3.05) is 6.61 Å². The van der Waals surface area contributed by atoms with Gasteiger partial charge in [-0.2, -0.15) is 8.78 Å². The van der Waals surface area contributed by atoms with Crippen LogP contribution < -0.4 is 4.74 Å². The topological polar surface area (TPSA) is 26.3 Å². The van der Waals surface area contributed by atoms with Crippen molar-refractivity contribution in [1.29, 1.82) is 0 Å². The lowest BCUT2D eigenvalue weighted by Crippen LogP contribution is -2.21. The molecule has 0 fully saturated rings. The first-order valence-corrected chi connectivity index (χ1v) is 5.94. The lowest BCUT2D eigenvalue weighted by molar-refractivity contribution is 0.0535. The fraction of sp³-hybridized carbons (Fsp3) is 0.462. The Morgan fingerprint density at radius 2 is 2.00 bits per heavy atom. The quantitative estimate of drug-likeness (QED) is 0.599. The molecule has 0 unspecified atom stereocenters. The minimum absolute atomic E-state index is 0.145. The van der Waals surface area contributed by atoms with E-state index < -0.39 is 11.2 Å². The molecule has 0 N–H and O–H groups in total. The van der Waals surface area contributed by atoms with Gasteiger partial charge in [-0.15, -0.1) is 0 Å². The van der Waals surface area contributed by atoms with E-state index in [4.69, 9.17) is 16.3 Å². The van der Waals surface area contributed by atoms with E-state index in [-0.39, 0.29) is 5.56 Å². The molecule has 0 heterocycles. The Morgan fingerprint density at radius 1 is 1.39 bits per heavy atom. The monoisotopic (exact) mass is 276 g/mol. The van der Waals surface area contributed by atoms with Crippen molar-refractivity contribution < 1.29 is 18.3 Å². The maximum absolute atomic E-state index is 12.8. The van der Waals surface area contributed by atoms with Crippen LogP contribution in [0.5, 0.6) is 5.75 Å². The second-order valence-electron chi connectivity index (χ2n) is 4.57. The van der Waals surface area contributed by atoms with E-state index in [9.17, 15) is 13.6 Å². The largest absolute Gasteiger partial charge is 0.493 e. The van der Waals surface area contributed by atoms with Crippen LogP contribution in [-0.4, -0.2) is 17.8 Å². The molecule has 5 heteroatoms. The number of alkyl halides is 3. The first kappa shape index (κ1) is 14.9. The van der Waals surface area contributed by atoms with Gasteiger partial charge in [0, 0.05) is 5.56 Å². The third-order valence-corrected chi connectivity index (χ3v) is 2.33. The summed E-state index contributed by atoms with van der Waals surface area (Å²) in [6, 6.07) is 4.33. The van der Waals surface area contributed by atoms with Gasteiger partial charge >= 0.3 is 5.38 Å². The van der Waals surface area contributed by atoms with E-state index in [2.05, 4.69) is 0 Å². The van der Waals surface area contributed by atoms with Crippen molar-refractivity contribution in [2.24, 2.45) is 5.92 Å². The van der Waals surface area contributed by atoms with Gasteiger partial charge in [0.2, 0.25) is 5.78 Å². The predicted octanol–water partition coefficient (Wildman–Crippen LogP) is 4.04. The van der Waals surface area contributed by atoms with Crippen molar-refractivity contribution in [1.82, 2.24) is 0 Å². The summed E-state index contributed by atoms with van der Waals surface area (Å²) in [5, 5.41) is -3.89. The Labute approximate surface area is 110 Å². The van der Waals surface area contributed by atoms with Crippen molar-refractivity contribution >= 4 is 17.4 Å². The van der Waals surface area contributed by atoms with Gasteiger partial charge in [-0.1, -0.05) is 13.8 Å². The van der Waals surface area contributed by atoms with E-state index in [0.29, 0.717) is 23.8 Å². The van der Waals surface area contributed by atoms with Crippen molar-refractivity contribution in [2.45, 2.75) is 26.2 Å². The molecule has 0 saturated heterocycles. The van der Waals surface area contributed by atoms with Crippen LogP contribution in [0, 0.1) is 12.8 Å². The summed E-state index contributed by atoms with van der Waals surface area (Å²) in [5.74, 6) is -0.714. The van der Waals surface area contributed by atoms with Crippen LogP contribution in [0.1, 0.15) is 29.8 Å². The lowest BCUT2D eigenvalue weighted by Gasteiger charge is -2.12. The number of aryl methyl sites for hydroxylation is 1. The first-order valence-electron chi connectivity index (χ1n) is 5.56. The minimum atomic E-state index is -3.89. The number of halogens is 3. The molecule has 1 aromatic rings. The van der Waals surface area contributed by atoms with Crippen LogP contribution in [-0.2, 0) is 0 Å². The number of ketones is 1. The molecule has 0 amide bonds. The van der Waals surface area contributed by atoms with E-state index in [0.717, 1.165) is 0 Å². The summed E-state index contributed by atoms with van der Waals surface area (Å²) in [5.41, 5.74) is 0.522. The smallest absolute Gasteiger partial charge is 0.384 e. The number of rotatable bonds is 5. The second kappa shape index (κ2) is 5.65. The summed E-state index contributed by atoms with van der Waals surface area (Å²) < 4.78 is 30.9. The van der Waals surface area contributed by atoms with E-state index in [1.165, 1.54) is 12.1 Å². The Kier molecular flexibility index (Phi) is 4.68. The highest BCUT2D eigenvalue weighted by atomic mass is 35.5. The SMILES string of the molecule is Cc1cc(OCC(C)C)cc(C(=O)C(F)(F)Cl)c1. The van der Waals surface area contributed by atoms with Crippen LogP contribution in [0.3, 0.4) is 0 Å². The highest BCUT2D eigenvalue weighted by Crippen LogP contribution is 2.27. The molecule has 0 saturated carbocycles. The zero-order chi connectivity index (χ0) is 13.9. The van der Waals surface area contributed by atoms with Crippen molar-refractivity contribution in [3.05, 3.63) is 29.3 Å². The van der Waals surface area contributed by atoms with Crippen LogP contribution in [0.25, 0.3) is 0 Å². The molecule has 0 aliphatic heterocycles. The van der Waals surface area contributed by atoms with Crippen LogP contribution in [0.4, 0.5) is 8.78 Å². The highest BCUT2D eigenvalue weighted by Gasteiger charge is 2.36. The molecule has 0 spiro atoms. The van der Waals surface area contributed by atoms with Gasteiger partial charge in [0.25, 0.3) is 0 Å². The predicted molar refractivity (Wildman–Crippen MR) is 66.6 cm³/mol. The highest BCUT2D eigenvalue weighted by molar-refractivity contribution is 6.35. The second-order valence-corrected chi connectivity index (χ2v) is 5.04. The summed E-state index contributed by atoms with van der Waals surface area (Å²) >= 11 is 4.73. The maximum atomic E-state index is 12.8. The zero-order valence-corrected chi connectivity index (χ0v) is 11.2. The number of benzene rings is 1. The molecule has 0 aliphatic rings. The average molecular weight is 277 g/mol. The minimum Gasteiger partial charge on any atom is -0.493 e. The third kappa shape index (κ3) is 4.26. The molecule has 0 aromatic heterocycles. The number of Topliss-reactive ketones (excluding diaryl/α,β-unsaturated/α-hetero) is 1. The Bertz CT molecular complexity index is 439. The molecule has 1 rings (SSSR count). The molecular weight excluding hydrogens is 262 g/mol. The fourth-order valence-corrected chi connectivity index (χ4v) is 1.50. The molecule has 0 aliphatic carbocycles. The van der Waals surface area contributed by atoms with E-state index in [1.54, 1.807) is 13.0 Å². The summed E-state index contributed by atoms with van der Waals surface area (Å²) in [6.45, 7) is 6.09. The van der Waals surface area contributed by atoms with Gasteiger partial charge in [0.15, 0.2) is 0 Å². The molecule has 100 valence electrons. The van der Waals surface area contributed by atoms with Gasteiger partial charge in [0.1, 0.15) is 5.75 Å². The van der Waals surface area contributed by atoms with Gasteiger partial charge in [-0.3, -0.25) is 4.79 Å². The maximum Gasteiger partial charge on any atom is 0.384 e. The fourth-order valence-electron chi connectivity index (χ4n) is 1.39. The Morgan fingerprint density at radius 3 is 2.50 bits per heavy atom. The Hall–Kier alpha value is -1.16. The van der Waals surface area contributed by atoms with Crippen LogP contribution in [0.15, 0.2) is 18.2 Å². The van der Waals surface area contributed by atoms with E-state index >= 15 is 0 Å². The average Bonchev–Trinajstić information content (AvgIpc) is 2.23. The van der Waals surface area contributed by atoms with Crippen molar-refractivity contribution in [3.63, 3.8) is 0 Å². The standard InChI is InChI=1S/C13H15ClF2O2/c1-8(2)7-18-11-5-9(3)4-10(6-11)12(17)13(14,15)16/h4-6,8H,7H2,1-3H3. The normalized spacial score (nSPS) is 11.7. The third-order valence-electron chi connectivity index (χ3n) is 2.15. The number of carbonyl (C=O) groups is 1. The molecule has 2 nitrogen and oxygen atoms in total. The first-order chi connectivity index (χ1) is 8.20. The molecule has 0 bridgehead atoms. The van der Waals surface area contributed by atoms with Crippen LogP contribution in [0.2, 0.25) is 0 Å². The van der Waals surface area contributed by atoms with Gasteiger partial charge in [-0.05, 0) is 48.2 Å². The van der Waals surface area contributed by atoms with Crippen LogP contribution >= 0.6 is 11.6 Å².